The first-order chi connectivity index (χ1) is 12.0. The number of nitrogens with zero attached hydrogens (tertiary/aromatic N) is 2. The quantitative estimate of drug-likeness (QED) is 0.595. The summed E-state index contributed by atoms with van der Waals surface area (Å²) in [5.41, 5.74) is 0.459. The van der Waals surface area contributed by atoms with Gasteiger partial charge in [-0.3, -0.25) is 13.4 Å². The van der Waals surface area contributed by atoms with Gasteiger partial charge in [-0.05, 0) is 54.7 Å². The highest BCUT2D eigenvalue weighted by molar-refractivity contribution is 8.27. The molecule has 0 saturated heterocycles. The van der Waals surface area contributed by atoms with E-state index < -0.39 is 28.3 Å². The maximum Gasteiger partial charge on any atom is 0.151 e. The Morgan fingerprint density at radius 3 is 2.23 bits per heavy atom. The molecule has 0 aliphatic carbocycles. The molecule has 1 aliphatic rings. The highest BCUT2D eigenvalue weighted by Crippen LogP contribution is 2.64. The summed E-state index contributed by atoms with van der Waals surface area (Å²) in [5.74, 6) is -1.69. The second-order valence-electron chi connectivity index (χ2n) is 5.65. The Morgan fingerprint density at radius 2 is 1.62 bits per heavy atom. The van der Waals surface area contributed by atoms with Gasteiger partial charge in [-0.2, -0.15) is 0 Å². The lowest BCUT2D eigenvalue weighted by Crippen LogP contribution is -2.33. The third-order valence-electron chi connectivity index (χ3n) is 4.02. The van der Waals surface area contributed by atoms with Crippen molar-refractivity contribution in [2.24, 2.45) is 0 Å². The number of hydrogen-bond acceptors (Lipinski definition) is 5. The van der Waals surface area contributed by atoms with Crippen LogP contribution in [0.4, 0.5) is 25.8 Å². The first-order valence-corrected chi connectivity index (χ1v) is 9.54. The summed E-state index contributed by atoms with van der Waals surface area (Å²) in [5, 5.41) is 3.17. The van der Waals surface area contributed by atoms with E-state index in [9.17, 15) is 17.9 Å². The van der Waals surface area contributed by atoms with Crippen LogP contribution in [-0.4, -0.2) is 28.7 Å². The first-order valence-electron chi connectivity index (χ1n) is 8.08. The van der Waals surface area contributed by atoms with Crippen LogP contribution in [0.5, 0.6) is 0 Å². The zero-order chi connectivity index (χ0) is 18.0. The lowest BCUT2D eigenvalue weighted by Gasteiger charge is -2.43. The summed E-state index contributed by atoms with van der Waals surface area (Å²) >= 11 is 0. The molecule has 2 aromatic carbocycles. The molecular formula is C17H22ClF2N3O2S. The van der Waals surface area contributed by atoms with Crippen molar-refractivity contribution in [2.45, 2.75) is 13.3 Å². The van der Waals surface area contributed by atoms with Gasteiger partial charge in [0.2, 0.25) is 0 Å². The van der Waals surface area contributed by atoms with Gasteiger partial charge in [-0.1, -0.05) is 25.1 Å². The zero-order valence-electron chi connectivity index (χ0n) is 14.2. The van der Waals surface area contributed by atoms with E-state index in [1.54, 1.807) is 24.3 Å². The molecule has 0 saturated carbocycles. The molecule has 2 aromatic rings. The van der Waals surface area contributed by atoms with Gasteiger partial charge in [0.15, 0.2) is 11.6 Å². The highest BCUT2D eigenvalue weighted by atomic mass is 35.5. The average Bonchev–Trinajstić information content (AvgIpc) is 2.79. The summed E-state index contributed by atoms with van der Waals surface area (Å²) in [6.07, 6.45) is 0.658. The van der Waals surface area contributed by atoms with Gasteiger partial charge in [-0.15, -0.1) is 12.4 Å². The third-order valence-corrected chi connectivity index (χ3v) is 5.86. The number of para-hydroxylation sites is 3. The van der Waals surface area contributed by atoms with Crippen molar-refractivity contribution in [3.05, 3.63) is 54.1 Å². The topological polar surface area (TPSA) is 59.0 Å². The molecular weight excluding hydrogens is 384 g/mol. The lowest BCUT2D eigenvalue weighted by atomic mass is 10.2. The molecule has 0 radical (unpaired) electrons. The standard InChI is InChI=1S/C17H21F2N3O2S.ClH/c1-2-20-11-6-12-21-15-9-3-4-10-16(15)22(25(21,23)24)17-13(18)7-5-8-14(17)19;/h3-5,7-10,20,23-24H,2,6,11-12H2,1H3;1H. The summed E-state index contributed by atoms with van der Waals surface area (Å²) < 4.78 is 52.7. The first kappa shape index (κ1) is 20.7. The van der Waals surface area contributed by atoms with Crippen LogP contribution < -0.4 is 13.9 Å². The fourth-order valence-electron chi connectivity index (χ4n) is 2.90. The molecule has 0 bridgehead atoms. The third kappa shape index (κ3) is 3.60. The van der Waals surface area contributed by atoms with E-state index >= 15 is 0 Å². The molecule has 0 atom stereocenters. The van der Waals surface area contributed by atoms with Gasteiger partial charge in [0.25, 0.3) is 0 Å². The summed E-state index contributed by atoms with van der Waals surface area (Å²) in [7, 11) is -3.61. The molecule has 9 heteroatoms. The van der Waals surface area contributed by atoms with E-state index in [4.69, 9.17) is 0 Å². The molecule has 0 unspecified atom stereocenters. The number of halogens is 3. The van der Waals surface area contributed by atoms with Crippen molar-refractivity contribution in [3.63, 3.8) is 0 Å². The van der Waals surface area contributed by atoms with Gasteiger partial charge < -0.3 is 5.32 Å². The smallest absolute Gasteiger partial charge is 0.151 e. The van der Waals surface area contributed by atoms with Crippen LogP contribution in [-0.2, 0) is 0 Å². The molecule has 0 fully saturated rings. The van der Waals surface area contributed by atoms with Crippen LogP contribution in [0, 0.1) is 11.6 Å². The van der Waals surface area contributed by atoms with Crippen LogP contribution in [0.15, 0.2) is 42.5 Å². The zero-order valence-corrected chi connectivity index (χ0v) is 15.9. The predicted molar refractivity (Wildman–Crippen MR) is 106 cm³/mol. The van der Waals surface area contributed by atoms with Crippen LogP contribution in [0.2, 0.25) is 0 Å². The fraction of sp³-hybridized carbons (Fsp3) is 0.294. The second-order valence-corrected chi connectivity index (χ2v) is 7.44. The monoisotopic (exact) mass is 405 g/mol. The number of hydrogen-bond donors (Lipinski definition) is 3. The van der Waals surface area contributed by atoms with Gasteiger partial charge in [0.05, 0.1) is 11.4 Å². The number of fused-ring (bicyclic) bond motifs is 1. The Labute approximate surface area is 159 Å². The Balaban J connectivity index is 0.00000243. The number of anilines is 3. The molecule has 0 amide bonds. The molecule has 0 spiro atoms. The SMILES string of the molecule is CCNCCCN1c2ccccc2N(c2c(F)cccc2F)S1(O)O.Cl. The number of rotatable bonds is 6. The van der Waals surface area contributed by atoms with E-state index in [0.717, 1.165) is 23.0 Å². The average molecular weight is 406 g/mol. The van der Waals surface area contributed by atoms with Gasteiger partial charge >= 0.3 is 0 Å². The van der Waals surface area contributed by atoms with Crippen LogP contribution >= 0.6 is 23.4 Å². The van der Waals surface area contributed by atoms with E-state index in [1.807, 2.05) is 6.92 Å². The van der Waals surface area contributed by atoms with E-state index in [2.05, 4.69) is 5.32 Å². The fourth-order valence-corrected chi connectivity index (χ4v) is 4.73. The lowest BCUT2D eigenvalue weighted by molar-refractivity contribution is 0.480. The molecule has 144 valence electrons. The molecule has 3 rings (SSSR count). The summed E-state index contributed by atoms with van der Waals surface area (Å²) in [6.45, 7) is 3.86. The van der Waals surface area contributed by atoms with E-state index in [1.165, 1.54) is 10.4 Å². The maximum atomic E-state index is 14.3. The Morgan fingerprint density at radius 1 is 1.00 bits per heavy atom. The summed E-state index contributed by atoms with van der Waals surface area (Å²) in [6, 6.07) is 10.2. The number of benzene rings is 2. The second kappa shape index (κ2) is 8.41. The van der Waals surface area contributed by atoms with Crippen molar-refractivity contribution in [2.75, 3.05) is 28.2 Å². The van der Waals surface area contributed by atoms with E-state index in [0.29, 0.717) is 30.9 Å². The molecule has 0 aromatic heterocycles. The molecule has 3 N–H and O–H groups in total. The van der Waals surface area contributed by atoms with E-state index in [-0.39, 0.29) is 12.4 Å². The Kier molecular flexibility index (Phi) is 6.70. The van der Waals surface area contributed by atoms with Crippen molar-refractivity contribution in [1.82, 2.24) is 5.32 Å². The minimum atomic E-state index is -3.61. The number of nitrogens with one attached hydrogen (secondary N) is 1. The minimum Gasteiger partial charge on any atom is -0.317 e. The predicted octanol–water partition coefficient (Wildman–Crippen LogP) is 4.92. The van der Waals surface area contributed by atoms with Crippen molar-refractivity contribution >= 4 is 40.4 Å². The molecule has 1 heterocycles. The molecule has 5 nitrogen and oxygen atoms in total. The van der Waals surface area contributed by atoms with Gasteiger partial charge in [0, 0.05) is 6.54 Å². The largest absolute Gasteiger partial charge is 0.317 e. The van der Waals surface area contributed by atoms with Gasteiger partial charge in [-0.25, -0.2) is 13.1 Å². The van der Waals surface area contributed by atoms with Crippen molar-refractivity contribution in [1.29, 1.82) is 0 Å². The highest BCUT2D eigenvalue weighted by Gasteiger charge is 2.43. The Bertz CT molecular complexity index is 746. The van der Waals surface area contributed by atoms with Crippen LogP contribution in [0.25, 0.3) is 0 Å². The van der Waals surface area contributed by atoms with Gasteiger partial charge in [0.1, 0.15) is 5.69 Å². The van der Waals surface area contributed by atoms with Crippen LogP contribution in [0.3, 0.4) is 0 Å². The normalized spacial score (nSPS) is 16.2. The summed E-state index contributed by atoms with van der Waals surface area (Å²) in [4.78, 5) is 0. The molecule has 26 heavy (non-hydrogen) atoms. The molecule has 1 aliphatic heterocycles. The van der Waals surface area contributed by atoms with Crippen molar-refractivity contribution in [3.8, 4) is 0 Å². The minimum absolute atomic E-state index is 0. The van der Waals surface area contributed by atoms with Crippen molar-refractivity contribution < 1.29 is 17.9 Å². The maximum absolute atomic E-state index is 14.3. The Hall–Kier alpha value is -1.58. The van der Waals surface area contributed by atoms with Crippen LogP contribution in [0.1, 0.15) is 13.3 Å².